The fourth-order valence-electron chi connectivity index (χ4n) is 2.13. The minimum atomic E-state index is -0.673. The Morgan fingerprint density at radius 3 is 2.89 bits per heavy atom. The average molecular weight is 252 g/mol. The van der Waals surface area contributed by atoms with Crippen molar-refractivity contribution in [2.45, 2.75) is 30.9 Å². The summed E-state index contributed by atoms with van der Waals surface area (Å²) in [6, 6.07) is -0.673. The van der Waals surface area contributed by atoms with Crippen LogP contribution in [0, 0.1) is 0 Å². The molecule has 100 valence electrons. The Morgan fingerprint density at radius 2 is 2.44 bits per heavy atom. The number of methoxy groups -OCH3 is 1. The molecule has 1 heterocycles. The summed E-state index contributed by atoms with van der Waals surface area (Å²) in [4.78, 5) is 11.9. The largest absolute Gasteiger partial charge is 0.376 e. The van der Waals surface area contributed by atoms with Gasteiger partial charge in [0.05, 0.1) is 11.8 Å². The van der Waals surface area contributed by atoms with Gasteiger partial charge < -0.3 is 15.8 Å². The first kappa shape index (κ1) is 13.0. The third kappa shape index (κ3) is 2.54. The molecule has 0 bridgehead atoms. The lowest BCUT2D eigenvalue weighted by atomic mass is 9.80. The first-order chi connectivity index (χ1) is 8.56. The van der Waals surface area contributed by atoms with Crippen molar-refractivity contribution in [3.8, 4) is 0 Å². The van der Waals surface area contributed by atoms with Crippen LogP contribution in [-0.2, 0) is 16.6 Å². The molecule has 6 heteroatoms. The molecule has 1 aliphatic carbocycles. The van der Waals surface area contributed by atoms with Gasteiger partial charge in [-0.3, -0.25) is 9.48 Å². The molecular formula is C12H20N4O2. The lowest BCUT2D eigenvalue weighted by Crippen LogP contribution is -2.50. The van der Waals surface area contributed by atoms with Crippen molar-refractivity contribution < 1.29 is 9.53 Å². The number of hydrogen-bond donors (Lipinski definition) is 2. The summed E-state index contributed by atoms with van der Waals surface area (Å²) in [6.07, 6.45) is 6.50. The number of nitrogens with one attached hydrogen (secondary N) is 1. The number of carbonyl (C=O) groups excluding carboxylic acids is 1. The van der Waals surface area contributed by atoms with Crippen LogP contribution in [0.3, 0.4) is 0 Å². The summed E-state index contributed by atoms with van der Waals surface area (Å²) in [5.74, 6) is -0.189. The van der Waals surface area contributed by atoms with Gasteiger partial charge >= 0.3 is 0 Å². The summed E-state index contributed by atoms with van der Waals surface area (Å²) < 4.78 is 7.07. The minimum absolute atomic E-state index is 0.176. The Morgan fingerprint density at radius 1 is 1.72 bits per heavy atom. The van der Waals surface area contributed by atoms with E-state index < -0.39 is 6.04 Å². The van der Waals surface area contributed by atoms with Crippen LogP contribution in [-0.4, -0.2) is 34.9 Å². The summed E-state index contributed by atoms with van der Waals surface area (Å²) >= 11 is 0. The SMILES string of the molecule is COC1(CNC(=O)C(N)c2cnn(C)c2)CCC1. The topological polar surface area (TPSA) is 82.2 Å². The van der Waals surface area contributed by atoms with Crippen LogP contribution in [0.15, 0.2) is 12.4 Å². The van der Waals surface area contributed by atoms with Crippen LogP contribution >= 0.6 is 0 Å². The number of carbonyl (C=O) groups is 1. The third-order valence-electron chi connectivity index (χ3n) is 3.65. The zero-order chi connectivity index (χ0) is 13.2. The monoisotopic (exact) mass is 252 g/mol. The summed E-state index contributed by atoms with van der Waals surface area (Å²) in [7, 11) is 3.48. The zero-order valence-electron chi connectivity index (χ0n) is 10.8. The molecule has 0 spiro atoms. The van der Waals surface area contributed by atoms with Gasteiger partial charge in [0.1, 0.15) is 6.04 Å². The number of nitrogens with two attached hydrogens (primary N) is 1. The molecule has 1 aliphatic rings. The maximum absolute atomic E-state index is 11.9. The van der Waals surface area contributed by atoms with E-state index in [9.17, 15) is 4.79 Å². The van der Waals surface area contributed by atoms with Crippen LogP contribution in [0.25, 0.3) is 0 Å². The van der Waals surface area contributed by atoms with Gasteiger partial charge in [-0.1, -0.05) is 0 Å². The van der Waals surface area contributed by atoms with Gasteiger partial charge in [-0.05, 0) is 19.3 Å². The fraction of sp³-hybridized carbons (Fsp3) is 0.667. The van der Waals surface area contributed by atoms with Crippen molar-refractivity contribution >= 4 is 5.91 Å². The summed E-state index contributed by atoms with van der Waals surface area (Å²) in [6.45, 7) is 0.524. The predicted molar refractivity (Wildman–Crippen MR) is 66.7 cm³/mol. The molecular weight excluding hydrogens is 232 g/mol. The minimum Gasteiger partial charge on any atom is -0.376 e. The van der Waals surface area contributed by atoms with E-state index in [4.69, 9.17) is 10.5 Å². The van der Waals surface area contributed by atoms with Crippen LogP contribution in [0.5, 0.6) is 0 Å². The second-order valence-electron chi connectivity index (χ2n) is 4.88. The van der Waals surface area contributed by atoms with Gasteiger partial charge in [-0.2, -0.15) is 5.10 Å². The standard InChI is InChI=1S/C12H20N4O2/c1-16-7-9(6-15-16)10(13)11(17)14-8-12(18-2)4-3-5-12/h6-7,10H,3-5,8,13H2,1-2H3,(H,14,17). The molecule has 0 aromatic carbocycles. The molecule has 1 aromatic rings. The molecule has 1 fully saturated rings. The number of rotatable bonds is 5. The molecule has 0 aliphatic heterocycles. The predicted octanol–water partition coefficient (Wildman–Crippen LogP) is 0.105. The summed E-state index contributed by atoms with van der Waals surface area (Å²) in [5.41, 5.74) is 6.42. The Balaban J connectivity index is 1.88. The van der Waals surface area contributed by atoms with Crippen molar-refractivity contribution in [2.24, 2.45) is 12.8 Å². The molecule has 1 aromatic heterocycles. The van der Waals surface area contributed by atoms with Gasteiger partial charge in [0.15, 0.2) is 0 Å². The van der Waals surface area contributed by atoms with E-state index in [-0.39, 0.29) is 11.5 Å². The highest BCUT2D eigenvalue weighted by Crippen LogP contribution is 2.34. The van der Waals surface area contributed by atoms with Crippen molar-refractivity contribution in [3.63, 3.8) is 0 Å². The number of aromatic nitrogens is 2. The van der Waals surface area contributed by atoms with Crippen molar-refractivity contribution in [2.75, 3.05) is 13.7 Å². The van der Waals surface area contributed by atoms with Gasteiger partial charge in [-0.15, -0.1) is 0 Å². The highest BCUT2D eigenvalue weighted by atomic mass is 16.5. The van der Waals surface area contributed by atoms with Crippen molar-refractivity contribution in [3.05, 3.63) is 18.0 Å². The highest BCUT2D eigenvalue weighted by Gasteiger charge is 2.37. The van der Waals surface area contributed by atoms with E-state index in [0.717, 1.165) is 24.8 Å². The van der Waals surface area contributed by atoms with E-state index in [2.05, 4.69) is 10.4 Å². The molecule has 6 nitrogen and oxygen atoms in total. The maximum Gasteiger partial charge on any atom is 0.241 e. The van der Waals surface area contributed by atoms with Crippen LogP contribution in [0.4, 0.5) is 0 Å². The second-order valence-corrected chi connectivity index (χ2v) is 4.88. The number of ether oxygens (including phenoxy) is 1. The quantitative estimate of drug-likeness (QED) is 0.779. The van der Waals surface area contributed by atoms with Gasteiger partial charge in [0, 0.05) is 32.5 Å². The molecule has 1 unspecified atom stereocenters. The van der Waals surface area contributed by atoms with Crippen molar-refractivity contribution in [1.82, 2.24) is 15.1 Å². The third-order valence-corrected chi connectivity index (χ3v) is 3.65. The molecule has 18 heavy (non-hydrogen) atoms. The molecule has 0 radical (unpaired) electrons. The summed E-state index contributed by atoms with van der Waals surface area (Å²) in [5, 5.41) is 6.86. The molecule has 0 saturated heterocycles. The molecule has 2 rings (SSSR count). The molecule has 1 atom stereocenters. The molecule has 1 saturated carbocycles. The van der Waals surface area contributed by atoms with Crippen LogP contribution < -0.4 is 11.1 Å². The number of aryl methyl sites for hydroxylation is 1. The fourth-order valence-corrected chi connectivity index (χ4v) is 2.13. The van der Waals surface area contributed by atoms with E-state index in [0.29, 0.717) is 6.54 Å². The maximum atomic E-state index is 11.9. The molecule has 3 N–H and O–H groups in total. The smallest absolute Gasteiger partial charge is 0.241 e. The Kier molecular flexibility index (Phi) is 3.68. The van der Waals surface area contributed by atoms with Crippen LogP contribution in [0.2, 0.25) is 0 Å². The second kappa shape index (κ2) is 5.07. The number of nitrogens with zero attached hydrogens (tertiary/aromatic N) is 2. The highest BCUT2D eigenvalue weighted by molar-refractivity contribution is 5.82. The van der Waals surface area contributed by atoms with Crippen molar-refractivity contribution in [1.29, 1.82) is 0 Å². The van der Waals surface area contributed by atoms with Gasteiger partial charge in [0.2, 0.25) is 5.91 Å². The Labute approximate surface area is 106 Å². The first-order valence-corrected chi connectivity index (χ1v) is 6.13. The van der Waals surface area contributed by atoms with E-state index >= 15 is 0 Å². The lowest BCUT2D eigenvalue weighted by molar-refractivity contribution is -0.126. The van der Waals surface area contributed by atoms with Crippen LogP contribution in [0.1, 0.15) is 30.9 Å². The Bertz CT molecular complexity index is 420. The zero-order valence-corrected chi connectivity index (χ0v) is 10.8. The Hall–Kier alpha value is -1.40. The van der Waals surface area contributed by atoms with E-state index in [1.54, 1.807) is 31.2 Å². The number of amides is 1. The lowest BCUT2D eigenvalue weighted by Gasteiger charge is -2.40. The van der Waals surface area contributed by atoms with E-state index in [1.165, 1.54) is 0 Å². The van der Waals surface area contributed by atoms with E-state index in [1.807, 2.05) is 0 Å². The van der Waals surface area contributed by atoms with Gasteiger partial charge in [-0.25, -0.2) is 0 Å². The normalized spacial score (nSPS) is 19.1. The molecule has 1 amide bonds. The first-order valence-electron chi connectivity index (χ1n) is 6.13. The van der Waals surface area contributed by atoms with Gasteiger partial charge in [0.25, 0.3) is 0 Å². The number of hydrogen-bond acceptors (Lipinski definition) is 4. The average Bonchev–Trinajstić information content (AvgIpc) is 2.74.